The third kappa shape index (κ3) is 3.23. The molecule has 5 rings (SSSR count). The highest BCUT2D eigenvalue weighted by molar-refractivity contribution is 6.22. The van der Waals surface area contributed by atoms with E-state index in [2.05, 4.69) is 0 Å². The van der Waals surface area contributed by atoms with Crippen LogP contribution in [0.4, 0.5) is 0 Å². The minimum absolute atomic E-state index is 0.0716. The van der Waals surface area contributed by atoms with Crippen molar-refractivity contribution in [1.29, 1.82) is 0 Å². The van der Waals surface area contributed by atoms with Gasteiger partial charge in [-0.2, -0.15) is 0 Å². The molecule has 5 N–H and O–H groups in total. The van der Waals surface area contributed by atoms with Crippen molar-refractivity contribution >= 4 is 38.7 Å². The molecule has 5 atom stereocenters. The zero-order valence-corrected chi connectivity index (χ0v) is 18.5. The van der Waals surface area contributed by atoms with Gasteiger partial charge in [0.05, 0.1) is 25.0 Å². The van der Waals surface area contributed by atoms with Crippen molar-refractivity contribution in [2.75, 3.05) is 14.2 Å². The first-order valence-corrected chi connectivity index (χ1v) is 10.3. The average Bonchev–Trinajstić information content (AvgIpc) is 2.83. The normalized spacial score (nSPS) is 24.4. The third-order valence-corrected chi connectivity index (χ3v) is 5.96. The maximum atomic E-state index is 12.9. The van der Waals surface area contributed by atoms with Crippen LogP contribution in [0.2, 0.25) is 0 Å². The van der Waals surface area contributed by atoms with Crippen LogP contribution < -0.4 is 25.5 Å². The molecule has 2 aromatic heterocycles. The molecule has 1 fully saturated rings. The molecular weight excluding hydrogens is 488 g/mol. The molecule has 0 amide bonds. The summed E-state index contributed by atoms with van der Waals surface area (Å²) in [7, 11) is 2.41. The van der Waals surface area contributed by atoms with E-state index in [0.717, 1.165) is 12.1 Å². The van der Waals surface area contributed by atoms with Crippen molar-refractivity contribution in [1.82, 2.24) is 0 Å². The number of aliphatic hydroxyl groups excluding tert-OH is 3. The van der Waals surface area contributed by atoms with Gasteiger partial charge in [-0.1, -0.05) is 0 Å². The Morgan fingerprint density at radius 1 is 0.861 bits per heavy atom. The Morgan fingerprint density at radius 3 is 1.97 bits per heavy atom. The number of ether oxygens (including phenoxy) is 4. The Labute approximate surface area is 198 Å². The van der Waals surface area contributed by atoms with Crippen molar-refractivity contribution in [2.24, 2.45) is 0 Å². The van der Waals surface area contributed by atoms with Gasteiger partial charge >= 0.3 is 17.2 Å². The molecule has 1 aliphatic rings. The van der Waals surface area contributed by atoms with Crippen molar-refractivity contribution in [3.63, 3.8) is 0 Å². The lowest BCUT2D eigenvalue weighted by molar-refractivity contribution is -0.271. The second-order valence-electron chi connectivity index (χ2n) is 7.97. The molecule has 14 nitrogen and oxygen atoms in total. The first-order chi connectivity index (χ1) is 17.1. The van der Waals surface area contributed by atoms with Crippen molar-refractivity contribution in [3.05, 3.63) is 33.0 Å². The Bertz CT molecular complexity index is 1620. The number of rotatable bonds is 5. The maximum Gasteiger partial charge on any atom is 0.344 e. The fourth-order valence-electron chi connectivity index (χ4n) is 4.30. The molecule has 36 heavy (non-hydrogen) atoms. The summed E-state index contributed by atoms with van der Waals surface area (Å²) in [5.41, 5.74) is -2.38. The van der Waals surface area contributed by atoms with E-state index in [1.165, 1.54) is 14.2 Å². The number of phenols is 1. The van der Waals surface area contributed by atoms with Gasteiger partial charge in [0.15, 0.2) is 28.8 Å². The summed E-state index contributed by atoms with van der Waals surface area (Å²) < 4.78 is 31.9. The van der Waals surface area contributed by atoms with Crippen LogP contribution in [0, 0.1) is 0 Å². The van der Waals surface area contributed by atoms with Gasteiger partial charge in [0, 0.05) is 10.8 Å². The van der Waals surface area contributed by atoms with Crippen LogP contribution in [0.15, 0.2) is 30.6 Å². The number of methoxy groups -OCH3 is 2. The summed E-state index contributed by atoms with van der Waals surface area (Å²) in [6.45, 7) is 0. The van der Waals surface area contributed by atoms with Gasteiger partial charge in [-0.3, -0.25) is 0 Å². The summed E-state index contributed by atoms with van der Waals surface area (Å²) in [5.74, 6) is -2.88. The quantitative estimate of drug-likeness (QED) is 0.170. The van der Waals surface area contributed by atoms with E-state index in [0.29, 0.717) is 0 Å². The largest absolute Gasteiger partial charge is 0.504 e. The molecule has 0 bridgehead atoms. The van der Waals surface area contributed by atoms with Crippen LogP contribution in [0.5, 0.6) is 23.0 Å². The van der Waals surface area contributed by atoms with Gasteiger partial charge in [-0.05, 0) is 12.1 Å². The van der Waals surface area contributed by atoms with E-state index in [1.54, 1.807) is 0 Å². The number of aromatic hydroxyl groups is 1. The maximum absolute atomic E-state index is 12.9. The zero-order valence-electron chi connectivity index (χ0n) is 18.5. The SMILES string of the molecule is COc1c(O)cc2c(=O)oc3c(OC)c(O[C@H]4O[C@H](C(=O)O)[C@@H](O)[C@H](O)[C@H]4O)cc4c(=O)oc1c2c34. The number of hydrogen-bond donors (Lipinski definition) is 5. The zero-order chi connectivity index (χ0) is 26.0. The molecule has 0 saturated carbocycles. The Kier molecular flexibility index (Phi) is 5.40. The minimum atomic E-state index is -1.96. The lowest BCUT2D eigenvalue weighted by atomic mass is 9.99. The number of carboxylic acids is 1. The van der Waals surface area contributed by atoms with E-state index >= 15 is 0 Å². The monoisotopic (exact) mass is 506 g/mol. The van der Waals surface area contributed by atoms with Crippen molar-refractivity contribution in [2.45, 2.75) is 30.7 Å². The van der Waals surface area contributed by atoms with Crippen molar-refractivity contribution in [3.8, 4) is 23.0 Å². The summed E-state index contributed by atoms with van der Waals surface area (Å²) >= 11 is 0. The first kappa shape index (κ1) is 23.6. The van der Waals surface area contributed by atoms with Crippen LogP contribution in [-0.2, 0) is 9.53 Å². The topological polar surface area (TPSA) is 216 Å². The molecule has 3 heterocycles. The lowest BCUT2D eigenvalue weighted by Crippen LogP contribution is -2.61. The molecule has 0 unspecified atom stereocenters. The molecule has 2 aromatic carbocycles. The number of hydrogen-bond acceptors (Lipinski definition) is 13. The van der Waals surface area contributed by atoms with Crippen LogP contribution >= 0.6 is 0 Å². The van der Waals surface area contributed by atoms with E-state index in [-0.39, 0.29) is 50.0 Å². The summed E-state index contributed by atoms with van der Waals surface area (Å²) in [4.78, 5) is 37.1. The Hall–Kier alpha value is -4.11. The molecule has 1 aliphatic heterocycles. The second kappa shape index (κ2) is 8.23. The molecule has 190 valence electrons. The van der Waals surface area contributed by atoms with Crippen molar-refractivity contribution < 1.29 is 58.1 Å². The lowest BCUT2D eigenvalue weighted by Gasteiger charge is -2.38. The van der Waals surface area contributed by atoms with Gasteiger partial charge in [0.25, 0.3) is 0 Å². The van der Waals surface area contributed by atoms with E-state index in [1.807, 2.05) is 0 Å². The number of benzene rings is 2. The fourth-order valence-corrected chi connectivity index (χ4v) is 4.30. The number of carbonyl (C=O) groups is 1. The predicted octanol–water partition coefficient (Wildman–Crippen LogP) is -0.516. The highest BCUT2D eigenvalue weighted by atomic mass is 16.7. The molecule has 0 aliphatic carbocycles. The molecule has 0 radical (unpaired) electrons. The standard InChI is InChI=1S/C22H18O14/c1-31-14-7(23)3-5-9-10-6(21(30)34-16(9)14)4-8(15(32-2)17(10)35-20(5)29)33-22-13(26)11(24)12(25)18(36-22)19(27)28/h3-4,11-13,18,22-26H,1-2H3,(H,27,28)/t11-,12-,13+,18-,22-/m0/s1. The Balaban J connectivity index is 1.77. The fraction of sp³-hybridized carbons (Fsp3) is 0.318. The smallest absolute Gasteiger partial charge is 0.344 e. The third-order valence-electron chi connectivity index (χ3n) is 5.96. The molecular formula is C22H18O14. The minimum Gasteiger partial charge on any atom is -0.504 e. The first-order valence-electron chi connectivity index (χ1n) is 10.3. The number of aliphatic carboxylic acids is 1. The molecule has 14 heteroatoms. The van der Waals surface area contributed by atoms with Gasteiger partial charge in [0.2, 0.25) is 17.8 Å². The van der Waals surface area contributed by atoms with Gasteiger partial charge < -0.3 is 53.3 Å². The predicted molar refractivity (Wildman–Crippen MR) is 117 cm³/mol. The van der Waals surface area contributed by atoms with Crippen LogP contribution in [0.3, 0.4) is 0 Å². The van der Waals surface area contributed by atoms with Crippen LogP contribution in [0.25, 0.3) is 32.7 Å². The molecule has 4 aromatic rings. The second-order valence-corrected chi connectivity index (χ2v) is 7.97. The van der Waals surface area contributed by atoms with E-state index < -0.39 is 53.7 Å². The highest BCUT2D eigenvalue weighted by Crippen LogP contribution is 2.46. The van der Waals surface area contributed by atoms with Gasteiger partial charge in [-0.25, -0.2) is 14.4 Å². The number of aliphatic hydroxyl groups is 3. The van der Waals surface area contributed by atoms with Gasteiger partial charge in [-0.15, -0.1) is 0 Å². The molecule has 0 spiro atoms. The Morgan fingerprint density at radius 2 is 1.42 bits per heavy atom. The molecule has 1 saturated heterocycles. The average molecular weight is 506 g/mol. The number of phenolic OH excluding ortho intramolecular Hbond substituents is 1. The van der Waals surface area contributed by atoms with Crippen LogP contribution in [0.1, 0.15) is 0 Å². The van der Waals surface area contributed by atoms with Gasteiger partial charge in [0.1, 0.15) is 18.3 Å². The summed E-state index contributed by atoms with van der Waals surface area (Å²) in [6, 6.07) is 2.21. The number of carboxylic acid groups (broad SMARTS) is 1. The summed E-state index contributed by atoms with van der Waals surface area (Å²) in [6.07, 6.45) is -9.62. The van der Waals surface area contributed by atoms with Crippen LogP contribution in [-0.4, -0.2) is 76.4 Å². The van der Waals surface area contributed by atoms with E-state index in [4.69, 9.17) is 27.8 Å². The van der Waals surface area contributed by atoms with E-state index in [9.17, 15) is 39.9 Å². The summed E-state index contributed by atoms with van der Waals surface area (Å²) in [5, 5.41) is 49.6. The highest BCUT2D eigenvalue weighted by Gasteiger charge is 2.48.